The number of rotatable bonds is 4. The van der Waals surface area contributed by atoms with Gasteiger partial charge in [0.2, 0.25) is 0 Å². The molecular formula is C16H20O. The lowest BCUT2D eigenvalue weighted by Crippen LogP contribution is -2.09. The quantitative estimate of drug-likeness (QED) is 0.704. The number of hydrogen-bond donors (Lipinski definition) is 0. The Labute approximate surface area is 104 Å². The standard InChI is InChI=1S/C16H20O/c1-13(11-14-7-4-3-5-8-14)15-9-6-10-16(12-15)17-2/h3-5,7-8,12,15H,1,6,9-11H2,2H3. The van der Waals surface area contributed by atoms with Crippen LogP contribution in [0.25, 0.3) is 0 Å². The second-order valence-corrected chi connectivity index (χ2v) is 4.66. The average molecular weight is 228 g/mol. The molecule has 0 heterocycles. The molecule has 1 unspecified atom stereocenters. The molecule has 1 heteroatoms. The Balaban J connectivity index is 2.01. The Kier molecular flexibility index (Phi) is 4.03. The molecule has 0 fully saturated rings. The maximum atomic E-state index is 5.34. The molecule has 0 amide bonds. The zero-order valence-corrected chi connectivity index (χ0v) is 10.5. The molecule has 1 aliphatic carbocycles. The van der Waals surface area contributed by atoms with Crippen molar-refractivity contribution in [2.75, 3.05) is 7.11 Å². The third-order valence-corrected chi connectivity index (χ3v) is 3.39. The molecule has 0 radical (unpaired) electrons. The van der Waals surface area contributed by atoms with Gasteiger partial charge in [-0.25, -0.2) is 0 Å². The minimum atomic E-state index is 0.485. The maximum absolute atomic E-state index is 5.34. The molecule has 90 valence electrons. The van der Waals surface area contributed by atoms with Crippen molar-refractivity contribution in [3.8, 4) is 0 Å². The molecule has 0 saturated carbocycles. The van der Waals surface area contributed by atoms with E-state index in [9.17, 15) is 0 Å². The van der Waals surface area contributed by atoms with Gasteiger partial charge in [0, 0.05) is 12.3 Å². The van der Waals surface area contributed by atoms with Gasteiger partial charge in [-0.2, -0.15) is 0 Å². The Morgan fingerprint density at radius 3 is 2.82 bits per heavy atom. The first-order valence-corrected chi connectivity index (χ1v) is 6.26. The van der Waals surface area contributed by atoms with Gasteiger partial charge >= 0.3 is 0 Å². The zero-order chi connectivity index (χ0) is 12.1. The molecule has 1 aromatic rings. The van der Waals surface area contributed by atoms with Crippen LogP contribution < -0.4 is 0 Å². The van der Waals surface area contributed by atoms with Crippen molar-refractivity contribution in [2.24, 2.45) is 5.92 Å². The summed E-state index contributed by atoms with van der Waals surface area (Å²) in [5, 5.41) is 0. The van der Waals surface area contributed by atoms with E-state index in [1.807, 2.05) is 0 Å². The summed E-state index contributed by atoms with van der Waals surface area (Å²) in [6.07, 6.45) is 6.70. The highest BCUT2D eigenvalue weighted by molar-refractivity contribution is 5.24. The number of benzene rings is 1. The maximum Gasteiger partial charge on any atom is 0.0921 e. The van der Waals surface area contributed by atoms with Crippen LogP contribution in [0.4, 0.5) is 0 Å². The molecule has 0 aromatic heterocycles. The molecule has 1 nitrogen and oxygen atoms in total. The predicted molar refractivity (Wildman–Crippen MR) is 71.7 cm³/mol. The topological polar surface area (TPSA) is 9.23 Å². The monoisotopic (exact) mass is 228 g/mol. The molecule has 2 rings (SSSR count). The number of hydrogen-bond acceptors (Lipinski definition) is 1. The largest absolute Gasteiger partial charge is 0.501 e. The van der Waals surface area contributed by atoms with Crippen molar-refractivity contribution in [1.29, 1.82) is 0 Å². The van der Waals surface area contributed by atoms with Gasteiger partial charge in [0.15, 0.2) is 0 Å². The Morgan fingerprint density at radius 2 is 2.12 bits per heavy atom. The summed E-state index contributed by atoms with van der Waals surface area (Å²) in [6, 6.07) is 10.5. The summed E-state index contributed by atoms with van der Waals surface area (Å²) >= 11 is 0. The average Bonchev–Trinajstić information content (AvgIpc) is 2.40. The highest BCUT2D eigenvalue weighted by Crippen LogP contribution is 2.29. The molecule has 1 atom stereocenters. The Hall–Kier alpha value is -1.50. The lowest BCUT2D eigenvalue weighted by atomic mass is 9.86. The van der Waals surface area contributed by atoms with Crippen LogP contribution in [0.2, 0.25) is 0 Å². The number of allylic oxidation sites excluding steroid dienone is 3. The van der Waals surface area contributed by atoms with E-state index >= 15 is 0 Å². The van der Waals surface area contributed by atoms with Crippen LogP contribution in [-0.4, -0.2) is 7.11 Å². The van der Waals surface area contributed by atoms with E-state index in [0.29, 0.717) is 5.92 Å². The van der Waals surface area contributed by atoms with Gasteiger partial charge in [-0.3, -0.25) is 0 Å². The molecule has 0 saturated heterocycles. The van der Waals surface area contributed by atoms with Gasteiger partial charge in [-0.05, 0) is 30.9 Å². The van der Waals surface area contributed by atoms with Crippen molar-refractivity contribution < 1.29 is 4.74 Å². The normalized spacial score (nSPS) is 19.6. The molecule has 1 aromatic carbocycles. The minimum absolute atomic E-state index is 0.485. The fourth-order valence-electron chi connectivity index (χ4n) is 2.37. The van der Waals surface area contributed by atoms with E-state index in [2.05, 4.69) is 43.0 Å². The molecule has 1 aliphatic rings. The lowest BCUT2D eigenvalue weighted by Gasteiger charge is -2.22. The Bertz CT molecular complexity index is 403. The van der Waals surface area contributed by atoms with E-state index in [1.54, 1.807) is 7.11 Å². The zero-order valence-electron chi connectivity index (χ0n) is 10.5. The highest BCUT2D eigenvalue weighted by Gasteiger charge is 2.16. The summed E-state index contributed by atoms with van der Waals surface area (Å²) in [4.78, 5) is 0. The SMILES string of the molecule is C=C(Cc1ccccc1)C1C=C(OC)CCC1. The third-order valence-electron chi connectivity index (χ3n) is 3.39. The fourth-order valence-corrected chi connectivity index (χ4v) is 2.37. The number of ether oxygens (including phenoxy) is 1. The van der Waals surface area contributed by atoms with Gasteiger partial charge in [0.05, 0.1) is 12.9 Å². The summed E-state index contributed by atoms with van der Waals surface area (Å²) in [7, 11) is 1.76. The van der Waals surface area contributed by atoms with Crippen LogP contribution >= 0.6 is 0 Å². The van der Waals surface area contributed by atoms with E-state index in [0.717, 1.165) is 18.6 Å². The molecule has 0 N–H and O–H groups in total. The lowest BCUT2D eigenvalue weighted by molar-refractivity contribution is 0.260. The van der Waals surface area contributed by atoms with E-state index in [-0.39, 0.29) is 0 Å². The predicted octanol–water partition coefficient (Wildman–Crippen LogP) is 4.12. The van der Waals surface area contributed by atoms with Gasteiger partial charge < -0.3 is 4.74 Å². The summed E-state index contributed by atoms with van der Waals surface area (Å²) in [5.41, 5.74) is 2.64. The van der Waals surface area contributed by atoms with Crippen LogP contribution in [0.15, 0.2) is 54.3 Å². The number of methoxy groups -OCH3 is 1. The van der Waals surface area contributed by atoms with Crippen LogP contribution in [0.5, 0.6) is 0 Å². The summed E-state index contributed by atoms with van der Waals surface area (Å²) in [5.74, 6) is 1.61. The summed E-state index contributed by atoms with van der Waals surface area (Å²) in [6.45, 7) is 4.24. The highest BCUT2D eigenvalue weighted by atomic mass is 16.5. The van der Waals surface area contributed by atoms with Gasteiger partial charge in [0.1, 0.15) is 0 Å². The first kappa shape index (κ1) is 12.0. The van der Waals surface area contributed by atoms with Crippen molar-refractivity contribution >= 4 is 0 Å². The summed E-state index contributed by atoms with van der Waals surface area (Å²) < 4.78 is 5.34. The van der Waals surface area contributed by atoms with Gasteiger partial charge in [-0.15, -0.1) is 0 Å². The van der Waals surface area contributed by atoms with Gasteiger partial charge in [-0.1, -0.05) is 42.5 Å². The molecular weight excluding hydrogens is 208 g/mol. The van der Waals surface area contributed by atoms with Crippen LogP contribution in [0.1, 0.15) is 24.8 Å². The molecule has 0 bridgehead atoms. The van der Waals surface area contributed by atoms with E-state index in [4.69, 9.17) is 4.74 Å². The smallest absolute Gasteiger partial charge is 0.0921 e. The van der Waals surface area contributed by atoms with Crippen molar-refractivity contribution in [1.82, 2.24) is 0 Å². The van der Waals surface area contributed by atoms with Crippen LogP contribution in [-0.2, 0) is 11.2 Å². The third kappa shape index (κ3) is 3.23. The second kappa shape index (κ2) is 5.72. The van der Waals surface area contributed by atoms with E-state index < -0.39 is 0 Å². The van der Waals surface area contributed by atoms with Gasteiger partial charge in [0.25, 0.3) is 0 Å². The first-order chi connectivity index (χ1) is 8.29. The van der Waals surface area contributed by atoms with Crippen molar-refractivity contribution in [3.05, 3.63) is 59.9 Å². The molecule has 0 spiro atoms. The Morgan fingerprint density at radius 1 is 1.35 bits per heavy atom. The van der Waals surface area contributed by atoms with Crippen molar-refractivity contribution in [3.63, 3.8) is 0 Å². The van der Waals surface area contributed by atoms with E-state index in [1.165, 1.54) is 24.0 Å². The molecule has 0 aliphatic heterocycles. The molecule has 17 heavy (non-hydrogen) atoms. The first-order valence-electron chi connectivity index (χ1n) is 6.26. The fraction of sp³-hybridized carbons (Fsp3) is 0.375. The second-order valence-electron chi connectivity index (χ2n) is 4.66. The minimum Gasteiger partial charge on any atom is -0.501 e. The van der Waals surface area contributed by atoms with Crippen molar-refractivity contribution in [2.45, 2.75) is 25.7 Å². The van der Waals surface area contributed by atoms with Crippen LogP contribution in [0.3, 0.4) is 0 Å². The van der Waals surface area contributed by atoms with Crippen LogP contribution in [0, 0.1) is 5.92 Å².